The number of hydroxylamine groups is 2. The number of likely N-dealkylation sites (N-methyl/N-ethyl adjacent to an activating group) is 1. The Morgan fingerprint density at radius 1 is 1.53 bits per heavy atom. The van der Waals surface area contributed by atoms with E-state index >= 15 is 0 Å². The van der Waals surface area contributed by atoms with Crippen molar-refractivity contribution in [2.24, 2.45) is 0 Å². The number of aryl methyl sites for hydroxylation is 1. The van der Waals surface area contributed by atoms with E-state index in [0.717, 1.165) is 15.6 Å². The van der Waals surface area contributed by atoms with Crippen LogP contribution >= 0.6 is 15.9 Å². The minimum Gasteiger partial charge on any atom is -0.275 e. The molecule has 0 radical (unpaired) electrons. The lowest BCUT2D eigenvalue weighted by Crippen LogP contribution is -2.26. The number of hydrogen-bond acceptors (Lipinski definition) is 2. The Bertz CT molecular complexity index is 366. The molecule has 15 heavy (non-hydrogen) atoms. The molecule has 0 fully saturated rings. The molecule has 0 N–H and O–H groups in total. The van der Waals surface area contributed by atoms with Crippen molar-refractivity contribution < 1.29 is 9.63 Å². The van der Waals surface area contributed by atoms with Crippen LogP contribution in [0.25, 0.3) is 0 Å². The Hall–Kier alpha value is -0.870. The highest BCUT2D eigenvalue weighted by Crippen LogP contribution is 2.18. The maximum absolute atomic E-state index is 11.5. The lowest BCUT2D eigenvalue weighted by atomic mass is 10.1. The first-order chi connectivity index (χ1) is 7.04. The van der Waals surface area contributed by atoms with Gasteiger partial charge in [-0.25, -0.2) is 5.06 Å². The largest absolute Gasteiger partial charge is 0.275 e. The van der Waals surface area contributed by atoms with Gasteiger partial charge in [-0.05, 0) is 24.1 Å². The lowest BCUT2D eigenvalue weighted by Gasteiger charge is -2.13. The zero-order valence-corrected chi connectivity index (χ0v) is 10.7. The van der Waals surface area contributed by atoms with E-state index in [1.54, 1.807) is 7.05 Å². The average molecular weight is 272 g/mol. The lowest BCUT2D eigenvalue weighted by molar-refractivity contribution is -0.167. The van der Waals surface area contributed by atoms with Crippen LogP contribution in [0, 0.1) is 6.92 Å². The first kappa shape index (κ1) is 12.2. The highest BCUT2D eigenvalue weighted by atomic mass is 79.9. The average Bonchev–Trinajstić information content (AvgIpc) is 2.22. The highest BCUT2D eigenvalue weighted by molar-refractivity contribution is 9.10. The third kappa shape index (κ3) is 3.32. The van der Waals surface area contributed by atoms with E-state index in [1.165, 1.54) is 12.2 Å². The minimum atomic E-state index is -0.0618. The fraction of sp³-hybridized carbons (Fsp3) is 0.364. The van der Waals surface area contributed by atoms with Gasteiger partial charge >= 0.3 is 0 Å². The van der Waals surface area contributed by atoms with Gasteiger partial charge in [-0.1, -0.05) is 28.1 Å². The van der Waals surface area contributed by atoms with Gasteiger partial charge in [-0.3, -0.25) is 9.63 Å². The molecule has 1 aromatic carbocycles. The third-order valence-electron chi connectivity index (χ3n) is 2.22. The molecule has 0 heterocycles. The summed E-state index contributed by atoms with van der Waals surface area (Å²) < 4.78 is 1.02. The fourth-order valence-electron chi connectivity index (χ4n) is 1.13. The van der Waals surface area contributed by atoms with Crippen LogP contribution in [-0.4, -0.2) is 25.1 Å². The van der Waals surface area contributed by atoms with Gasteiger partial charge in [0.05, 0.1) is 13.5 Å². The molecule has 1 aromatic rings. The zero-order chi connectivity index (χ0) is 11.4. The van der Waals surface area contributed by atoms with Crippen molar-refractivity contribution in [3.63, 3.8) is 0 Å². The predicted octanol–water partition coefficient (Wildman–Crippen LogP) is 2.32. The van der Waals surface area contributed by atoms with Crippen molar-refractivity contribution in [1.29, 1.82) is 0 Å². The molecule has 4 heteroatoms. The fourth-order valence-corrected chi connectivity index (χ4v) is 1.56. The highest BCUT2D eigenvalue weighted by Gasteiger charge is 2.09. The molecule has 82 valence electrons. The molecule has 0 aliphatic rings. The van der Waals surface area contributed by atoms with E-state index in [4.69, 9.17) is 4.84 Å². The Morgan fingerprint density at radius 2 is 2.20 bits per heavy atom. The van der Waals surface area contributed by atoms with E-state index in [0.29, 0.717) is 6.42 Å². The van der Waals surface area contributed by atoms with Crippen LogP contribution in [0.3, 0.4) is 0 Å². The molecular formula is C11H14BrNO2. The van der Waals surface area contributed by atoms with Crippen LogP contribution in [0.4, 0.5) is 0 Å². The number of nitrogens with zero attached hydrogens (tertiary/aromatic N) is 1. The second-order valence-corrected chi connectivity index (χ2v) is 4.19. The SMILES string of the molecule is CON(C)C(=O)Cc1ccc(C)c(Br)c1. The molecular weight excluding hydrogens is 258 g/mol. The van der Waals surface area contributed by atoms with Crippen LogP contribution in [0.2, 0.25) is 0 Å². The van der Waals surface area contributed by atoms with Crippen molar-refractivity contribution in [2.75, 3.05) is 14.2 Å². The number of hydrogen-bond donors (Lipinski definition) is 0. The van der Waals surface area contributed by atoms with Crippen LogP contribution < -0.4 is 0 Å². The van der Waals surface area contributed by atoms with E-state index in [-0.39, 0.29) is 5.91 Å². The molecule has 0 aliphatic heterocycles. The van der Waals surface area contributed by atoms with Crippen molar-refractivity contribution in [3.05, 3.63) is 33.8 Å². The second-order valence-electron chi connectivity index (χ2n) is 3.33. The summed E-state index contributed by atoms with van der Waals surface area (Å²) in [7, 11) is 3.08. The summed E-state index contributed by atoms with van der Waals surface area (Å²) >= 11 is 3.43. The first-order valence-electron chi connectivity index (χ1n) is 4.60. The Labute approximate surface area is 98.1 Å². The maximum atomic E-state index is 11.5. The quantitative estimate of drug-likeness (QED) is 0.790. The summed E-state index contributed by atoms with van der Waals surface area (Å²) in [5, 5.41) is 1.23. The molecule has 0 aliphatic carbocycles. The number of carbonyl (C=O) groups is 1. The molecule has 0 bridgehead atoms. The molecule has 0 saturated carbocycles. The monoisotopic (exact) mass is 271 g/mol. The van der Waals surface area contributed by atoms with Crippen LogP contribution in [-0.2, 0) is 16.1 Å². The van der Waals surface area contributed by atoms with E-state index < -0.39 is 0 Å². The van der Waals surface area contributed by atoms with Gasteiger partial charge in [0.25, 0.3) is 0 Å². The standard InChI is InChI=1S/C11H14BrNO2/c1-8-4-5-9(6-10(8)12)7-11(14)13(2)15-3/h4-6H,7H2,1-3H3. The Kier molecular flexibility index (Phi) is 4.29. The van der Waals surface area contributed by atoms with Crippen molar-refractivity contribution in [2.45, 2.75) is 13.3 Å². The number of amides is 1. The van der Waals surface area contributed by atoms with Gasteiger partial charge in [-0.15, -0.1) is 0 Å². The summed E-state index contributed by atoms with van der Waals surface area (Å²) in [5.41, 5.74) is 2.13. The molecule has 0 saturated heterocycles. The van der Waals surface area contributed by atoms with E-state index in [9.17, 15) is 4.79 Å². The zero-order valence-electron chi connectivity index (χ0n) is 9.08. The summed E-state index contributed by atoms with van der Waals surface area (Å²) in [6.45, 7) is 2.01. The van der Waals surface area contributed by atoms with Gasteiger partial charge in [0.2, 0.25) is 5.91 Å². The van der Waals surface area contributed by atoms with E-state index in [1.807, 2.05) is 25.1 Å². The van der Waals surface area contributed by atoms with Crippen molar-refractivity contribution in [3.8, 4) is 0 Å². The topological polar surface area (TPSA) is 29.5 Å². The summed E-state index contributed by atoms with van der Waals surface area (Å²) in [5.74, 6) is -0.0618. The number of benzene rings is 1. The van der Waals surface area contributed by atoms with Gasteiger partial charge in [0.1, 0.15) is 0 Å². The molecule has 1 rings (SSSR count). The maximum Gasteiger partial charge on any atom is 0.250 e. The normalized spacial score (nSPS) is 10.1. The summed E-state index contributed by atoms with van der Waals surface area (Å²) in [6.07, 6.45) is 0.350. The Balaban J connectivity index is 2.73. The van der Waals surface area contributed by atoms with Crippen LogP contribution in [0.5, 0.6) is 0 Å². The molecule has 3 nitrogen and oxygen atoms in total. The van der Waals surface area contributed by atoms with Crippen molar-refractivity contribution in [1.82, 2.24) is 5.06 Å². The van der Waals surface area contributed by atoms with Gasteiger partial charge in [0, 0.05) is 11.5 Å². The molecule has 0 atom stereocenters. The minimum absolute atomic E-state index is 0.0618. The molecule has 1 amide bonds. The van der Waals surface area contributed by atoms with Gasteiger partial charge in [-0.2, -0.15) is 0 Å². The smallest absolute Gasteiger partial charge is 0.250 e. The van der Waals surface area contributed by atoms with E-state index in [2.05, 4.69) is 15.9 Å². The number of halogens is 1. The summed E-state index contributed by atoms with van der Waals surface area (Å²) in [6, 6.07) is 5.89. The molecule has 0 spiro atoms. The summed E-state index contributed by atoms with van der Waals surface area (Å²) in [4.78, 5) is 16.3. The van der Waals surface area contributed by atoms with Crippen LogP contribution in [0.15, 0.2) is 22.7 Å². The Morgan fingerprint density at radius 3 is 2.73 bits per heavy atom. The predicted molar refractivity (Wildman–Crippen MR) is 62.4 cm³/mol. The van der Waals surface area contributed by atoms with Crippen molar-refractivity contribution >= 4 is 21.8 Å². The first-order valence-corrected chi connectivity index (χ1v) is 5.39. The third-order valence-corrected chi connectivity index (χ3v) is 3.07. The van der Waals surface area contributed by atoms with Gasteiger partial charge in [0.15, 0.2) is 0 Å². The number of carbonyl (C=O) groups excluding carboxylic acids is 1. The number of rotatable bonds is 3. The van der Waals surface area contributed by atoms with Crippen LogP contribution in [0.1, 0.15) is 11.1 Å². The molecule has 0 unspecified atom stereocenters. The second kappa shape index (κ2) is 5.28. The van der Waals surface area contributed by atoms with Gasteiger partial charge < -0.3 is 0 Å². The molecule has 0 aromatic heterocycles.